The Hall–Kier alpha value is -8.08. The van der Waals surface area contributed by atoms with Crippen LogP contribution in [0.5, 0.6) is 6.01 Å². The number of aliphatic carboxylic acids is 1. The summed E-state index contributed by atoms with van der Waals surface area (Å²) < 4.78 is 7.53. The van der Waals surface area contributed by atoms with Crippen LogP contribution in [-0.4, -0.2) is 96.4 Å². The van der Waals surface area contributed by atoms with E-state index in [1.54, 1.807) is 18.2 Å². The number of para-hydroxylation sites is 1. The molecule has 3 aromatic heterocycles. The minimum Gasteiger partial charge on any atom is -0.480 e. The van der Waals surface area contributed by atoms with Gasteiger partial charge in [-0.2, -0.15) is 4.98 Å². The van der Waals surface area contributed by atoms with Gasteiger partial charge in [0.1, 0.15) is 6.04 Å². The van der Waals surface area contributed by atoms with Gasteiger partial charge < -0.3 is 19.8 Å². The second-order valence-electron chi connectivity index (χ2n) is 15.5. The van der Waals surface area contributed by atoms with Crippen LogP contribution < -0.4 is 4.74 Å². The number of fused-ring (bicyclic) bond motifs is 1. The number of unbranched alkanes of at least 4 members (excludes halogenated alkanes) is 1. The van der Waals surface area contributed by atoms with Gasteiger partial charge in [0, 0.05) is 24.1 Å². The first-order valence-corrected chi connectivity index (χ1v) is 21.3. The zero-order valence-electron chi connectivity index (χ0n) is 36.4. The Balaban J connectivity index is 0.000000194. The van der Waals surface area contributed by atoms with Crippen LogP contribution in [0.15, 0.2) is 115 Å². The SMILES string of the molecule is CCCCC(=O)N(Cc1ccc(-c2ccccc2-c2nnn[nH]2)cc1)[C@H](C(=O)O)C(C)C.CCOc1nc2cccc(C(=O)O)c2n1Cc1ccc(-c2ccccc2-c2nnn[nH]2)cc1. The number of carboxylic acids is 2. The number of carbonyl (C=O) groups excluding carboxylic acids is 1. The van der Waals surface area contributed by atoms with Gasteiger partial charge in [-0.3, -0.25) is 9.36 Å². The fourth-order valence-corrected chi connectivity index (χ4v) is 7.70. The third kappa shape index (κ3) is 10.4. The van der Waals surface area contributed by atoms with Crippen molar-refractivity contribution in [2.45, 2.75) is 66.1 Å². The molecule has 0 saturated carbocycles. The highest BCUT2D eigenvalue weighted by Crippen LogP contribution is 2.32. The van der Waals surface area contributed by atoms with Gasteiger partial charge in [0.05, 0.1) is 29.7 Å². The van der Waals surface area contributed by atoms with E-state index in [9.17, 15) is 24.6 Å². The number of aromatic amines is 2. The first-order valence-electron chi connectivity index (χ1n) is 21.3. The summed E-state index contributed by atoms with van der Waals surface area (Å²) >= 11 is 0. The molecule has 0 bridgehead atoms. The third-order valence-corrected chi connectivity index (χ3v) is 10.8. The number of carboxylic acid groups (broad SMARTS) is 2. The van der Waals surface area contributed by atoms with Gasteiger partial charge in [-0.05, 0) is 85.6 Å². The number of nitrogens with zero attached hydrogens (tertiary/aromatic N) is 9. The quantitative estimate of drug-likeness (QED) is 0.0677. The van der Waals surface area contributed by atoms with Crippen LogP contribution in [0.2, 0.25) is 0 Å². The van der Waals surface area contributed by atoms with Crippen molar-refractivity contribution in [1.82, 2.24) is 55.7 Å². The summed E-state index contributed by atoms with van der Waals surface area (Å²) in [6, 6.07) is 36.2. The number of tetrazole rings is 2. The molecular formula is C48H49N11O6. The molecule has 0 unspecified atom stereocenters. The Morgan fingerprint density at radius 2 is 1.26 bits per heavy atom. The minimum absolute atomic E-state index is 0.125. The first kappa shape index (κ1) is 45.0. The minimum atomic E-state index is -1.00. The number of aromatic nitrogens is 10. The van der Waals surface area contributed by atoms with Gasteiger partial charge in [0.2, 0.25) is 5.91 Å². The fraction of sp³-hybridized carbons (Fsp3) is 0.250. The van der Waals surface area contributed by atoms with Crippen LogP contribution in [0.25, 0.3) is 56.1 Å². The molecule has 0 fully saturated rings. The van der Waals surface area contributed by atoms with Crippen LogP contribution in [0, 0.1) is 5.92 Å². The van der Waals surface area contributed by atoms with E-state index in [-0.39, 0.29) is 23.9 Å². The molecule has 17 nitrogen and oxygen atoms in total. The van der Waals surface area contributed by atoms with Crippen LogP contribution in [0.1, 0.15) is 68.4 Å². The summed E-state index contributed by atoms with van der Waals surface area (Å²) in [5.41, 5.74) is 8.93. The smallest absolute Gasteiger partial charge is 0.337 e. The maximum absolute atomic E-state index is 12.9. The van der Waals surface area contributed by atoms with E-state index < -0.39 is 18.0 Å². The Kier molecular flexibility index (Phi) is 14.4. The number of rotatable bonds is 17. The maximum Gasteiger partial charge on any atom is 0.337 e. The number of H-pyrrole nitrogens is 2. The first-order chi connectivity index (χ1) is 31.6. The van der Waals surface area contributed by atoms with E-state index in [2.05, 4.69) is 46.2 Å². The predicted octanol–water partition coefficient (Wildman–Crippen LogP) is 8.19. The highest BCUT2D eigenvalue weighted by atomic mass is 16.5. The van der Waals surface area contributed by atoms with Crippen molar-refractivity contribution in [3.63, 3.8) is 0 Å². The summed E-state index contributed by atoms with van der Waals surface area (Å²) in [5.74, 6) is -1.12. The van der Waals surface area contributed by atoms with Crippen molar-refractivity contribution in [3.05, 3.63) is 132 Å². The molecular weight excluding hydrogens is 827 g/mol. The molecule has 8 rings (SSSR count). The molecule has 17 heteroatoms. The van der Waals surface area contributed by atoms with Crippen LogP contribution in [-0.2, 0) is 22.7 Å². The molecule has 0 aliphatic carbocycles. The molecule has 1 amide bonds. The Morgan fingerprint density at radius 3 is 1.74 bits per heavy atom. The molecule has 1 atom stereocenters. The Bertz CT molecular complexity index is 2840. The van der Waals surface area contributed by atoms with Crippen molar-refractivity contribution in [2.75, 3.05) is 6.61 Å². The van der Waals surface area contributed by atoms with Crippen LogP contribution in [0.3, 0.4) is 0 Å². The third-order valence-electron chi connectivity index (χ3n) is 10.8. The van der Waals surface area contributed by atoms with E-state index in [4.69, 9.17) is 4.74 Å². The van der Waals surface area contributed by atoms with Gasteiger partial charge >= 0.3 is 11.9 Å². The summed E-state index contributed by atoms with van der Waals surface area (Å²) in [6.45, 7) is 8.65. The normalized spacial score (nSPS) is 11.5. The highest BCUT2D eigenvalue weighted by molar-refractivity contribution is 6.01. The average Bonchev–Trinajstić information content (AvgIpc) is 4.12. The van der Waals surface area contributed by atoms with Gasteiger partial charge in [-0.1, -0.05) is 130 Å². The standard InChI is InChI=1S/C24H20N6O3.C24H29N5O3/c1-2-33-24-25-20-9-5-8-19(23(31)32)21(20)30(24)14-15-10-12-16(13-11-15)17-6-3-4-7-18(17)22-26-28-29-27-22;1-4-5-10-21(30)29(22(16(2)3)24(31)32)15-17-11-13-18(14-12-17)19-8-6-7-9-20(19)23-25-27-28-26-23/h3-13H,2,14H2,1H3,(H,31,32)(H,26,27,28,29);6-9,11-14,16,22H,4-5,10,15H2,1-3H3,(H,31,32)(H,25,26,27,28)/t;22-/m.0/s1. The van der Waals surface area contributed by atoms with Crippen LogP contribution in [0.4, 0.5) is 0 Å². The molecule has 0 radical (unpaired) electrons. The van der Waals surface area contributed by atoms with E-state index >= 15 is 0 Å². The molecule has 5 aromatic carbocycles. The second kappa shape index (κ2) is 20.9. The summed E-state index contributed by atoms with van der Waals surface area (Å²) in [4.78, 5) is 42.6. The highest BCUT2D eigenvalue weighted by Gasteiger charge is 2.32. The number of carbonyl (C=O) groups is 3. The molecule has 4 N–H and O–H groups in total. The van der Waals surface area contributed by atoms with Crippen molar-refractivity contribution in [1.29, 1.82) is 0 Å². The van der Waals surface area contributed by atoms with Gasteiger partial charge in [-0.25, -0.2) is 19.8 Å². The van der Waals surface area contributed by atoms with E-state index in [0.717, 1.165) is 57.3 Å². The average molecular weight is 876 g/mol. The molecule has 0 saturated heterocycles. The number of nitrogens with one attached hydrogen (secondary N) is 2. The molecule has 0 spiro atoms. The van der Waals surface area contributed by atoms with Gasteiger partial charge in [0.25, 0.3) is 6.01 Å². The number of ether oxygens (including phenoxy) is 1. The number of benzene rings is 5. The molecule has 0 aliphatic rings. The largest absolute Gasteiger partial charge is 0.480 e. The number of hydrogen-bond donors (Lipinski definition) is 4. The zero-order chi connectivity index (χ0) is 45.9. The van der Waals surface area contributed by atoms with Gasteiger partial charge in [0.15, 0.2) is 11.6 Å². The van der Waals surface area contributed by atoms with Crippen molar-refractivity contribution in [2.24, 2.45) is 5.92 Å². The Morgan fingerprint density at radius 1 is 0.708 bits per heavy atom. The molecule has 332 valence electrons. The molecule has 0 aliphatic heterocycles. The molecule has 3 heterocycles. The lowest BCUT2D eigenvalue weighted by Crippen LogP contribution is -2.47. The maximum atomic E-state index is 12.9. The second-order valence-corrected chi connectivity index (χ2v) is 15.5. The lowest BCUT2D eigenvalue weighted by Gasteiger charge is -2.32. The van der Waals surface area contributed by atoms with E-state index in [1.165, 1.54) is 4.90 Å². The number of imidazole rings is 1. The van der Waals surface area contributed by atoms with Crippen LogP contribution >= 0.6 is 0 Å². The van der Waals surface area contributed by atoms with Crippen molar-refractivity contribution >= 4 is 28.9 Å². The number of aromatic carboxylic acids is 1. The van der Waals surface area contributed by atoms with E-state index in [1.807, 2.05) is 129 Å². The topological polar surface area (TPSA) is 231 Å². The zero-order valence-corrected chi connectivity index (χ0v) is 36.4. The lowest BCUT2D eigenvalue weighted by atomic mass is 9.97. The predicted molar refractivity (Wildman–Crippen MR) is 243 cm³/mol. The number of amides is 1. The monoisotopic (exact) mass is 875 g/mol. The lowest BCUT2D eigenvalue weighted by molar-refractivity contribution is -0.153. The fourth-order valence-electron chi connectivity index (χ4n) is 7.70. The molecule has 8 aromatic rings. The summed E-state index contributed by atoms with van der Waals surface area (Å²) in [7, 11) is 0. The summed E-state index contributed by atoms with van der Waals surface area (Å²) in [5, 5.41) is 47.7. The molecule has 65 heavy (non-hydrogen) atoms. The van der Waals surface area contributed by atoms with E-state index in [0.29, 0.717) is 48.3 Å². The Labute approximate surface area is 374 Å². The number of hydrogen-bond acceptors (Lipinski definition) is 11. The van der Waals surface area contributed by atoms with Crippen molar-refractivity contribution in [3.8, 4) is 51.0 Å². The van der Waals surface area contributed by atoms with Gasteiger partial charge in [-0.15, -0.1) is 10.2 Å². The summed E-state index contributed by atoms with van der Waals surface area (Å²) in [6.07, 6.45) is 1.98. The van der Waals surface area contributed by atoms with Crippen molar-refractivity contribution < 1.29 is 29.3 Å².